The second-order valence-corrected chi connectivity index (χ2v) is 7.71. The highest BCUT2D eigenvalue weighted by Gasteiger charge is 2.23. The second kappa shape index (κ2) is 6.87. The fraction of sp³-hybridized carbons (Fsp3) is 0.667. The van der Waals surface area contributed by atoms with Gasteiger partial charge < -0.3 is 10.0 Å². The molecule has 2 rings (SSSR count). The lowest BCUT2D eigenvalue weighted by Crippen LogP contribution is -2.29. The summed E-state index contributed by atoms with van der Waals surface area (Å²) in [6, 6.07) is 2.90. The summed E-state index contributed by atoms with van der Waals surface area (Å²) in [5.41, 5.74) is 0.552. The molecule has 0 bridgehead atoms. The van der Waals surface area contributed by atoms with Crippen molar-refractivity contribution in [3.8, 4) is 0 Å². The molecule has 1 N–H and O–H groups in total. The molecule has 1 fully saturated rings. The van der Waals surface area contributed by atoms with Crippen molar-refractivity contribution in [3.05, 3.63) is 29.8 Å². The lowest BCUT2D eigenvalue weighted by molar-refractivity contribution is 0.139. The van der Waals surface area contributed by atoms with Crippen LogP contribution < -0.4 is 0 Å². The van der Waals surface area contributed by atoms with Crippen molar-refractivity contribution < 1.29 is 9.50 Å². The van der Waals surface area contributed by atoms with E-state index in [4.69, 9.17) is 0 Å². The first-order chi connectivity index (χ1) is 9.46. The van der Waals surface area contributed by atoms with E-state index in [-0.39, 0.29) is 5.82 Å². The summed E-state index contributed by atoms with van der Waals surface area (Å²) in [6.45, 7) is 7.58. The molecule has 20 heavy (non-hydrogen) atoms. The zero-order chi connectivity index (χ0) is 14.6. The molecule has 112 valence electrons. The number of aliphatic hydroxyl groups is 1. The van der Waals surface area contributed by atoms with Crippen molar-refractivity contribution >= 4 is 11.8 Å². The average Bonchev–Trinajstić information content (AvgIpc) is 2.58. The van der Waals surface area contributed by atoms with Gasteiger partial charge in [-0.2, -0.15) is 11.8 Å². The second-order valence-electron chi connectivity index (χ2n) is 5.91. The Labute approximate surface area is 124 Å². The van der Waals surface area contributed by atoms with E-state index in [0.29, 0.717) is 16.9 Å². The maximum atomic E-state index is 12.8. The molecule has 5 heteroatoms. The number of pyridine rings is 1. The van der Waals surface area contributed by atoms with Crippen LogP contribution >= 0.6 is 11.8 Å². The quantitative estimate of drug-likeness (QED) is 0.927. The molecule has 0 radical (unpaired) electrons. The van der Waals surface area contributed by atoms with Crippen molar-refractivity contribution in [2.45, 2.75) is 37.5 Å². The van der Waals surface area contributed by atoms with Crippen molar-refractivity contribution in [2.24, 2.45) is 0 Å². The third-order valence-corrected chi connectivity index (χ3v) is 5.11. The molecule has 0 aromatic carbocycles. The number of hydrogen-bond donors (Lipinski definition) is 1. The number of rotatable bonds is 4. The Bertz CT molecular complexity index is 424. The summed E-state index contributed by atoms with van der Waals surface area (Å²) in [5, 5.41) is 10.1. The molecular formula is C15H23FN2OS. The number of halogens is 1. The van der Waals surface area contributed by atoms with E-state index in [9.17, 15) is 9.50 Å². The minimum Gasteiger partial charge on any atom is -0.387 e. The van der Waals surface area contributed by atoms with Gasteiger partial charge in [0.15, 0.2) is 0 Å². The van der Waals surface area contributed by atoms with Crippen LogP contribution in [0.1, 0.15) is 38.5 Å². The van der Waals surface area contributed by atoms with Gasteiger partial charge in [0.25, 0.3) is 0 Å². The van der Waals surface area contributed by atoms with Gasteiger partial charge in [-0.3, -0.25) is 4.98 Å². The van der Waals surface area contributed by atoms with Crippen molar-refractivity contribution in [2.75, 3.05) is 25.4 Å². The van der Waals surface area contributed by atoms with Gasteiger partial charge >= 0.3 is 0 Å². The van der Waals surface area contributed by atoms with E-state index < -0.39 is 6.10 Å². The topological polar surface area (TPSA) is 36.4 Å². The standard InChI is InChI=1S/C15H23FN2OS/c1-15(2)6-8-18(9-10-20-15)7-5-14(19)13-4-3-12(16)11-17-13/h3-4,11,14,19H,5-10H2,1-2H3. The van der Waals surface area contributed by atoms with Crippen LogP contribution in [0.5, 0.6) is 0 Å². The van der Waals surface area contributed by atoms with Gasteiger partial charge in [-0.1, -0.05) is 13.8 Å². The third-order valence-electron chi connectivity index (χ3n) is 3.74. The Morgan fingerprint density at radius 2 is 2.25 bits per heavy atom. The highest BCUT2D eigenvalue weighted by molar-refractivity contribution is 8.00. The van der Waals surface area contributed by atoms with E-state index in [2.05, 4.69) is 23.7 Å². The molecule has 1 aliphatic rings. The predicted molar refractivity (Wildman–Crippen MR) is 81.4 cm³/mol. The summed E-state index contributed by atoms with van der Waals surface area (Å²) < 4.78 is 13.1. The molecule has 0 saturated carbocycles. The SMILES string of the molecule is CC1(C)CCN(CCC(O)c2ccc(F)cn2)CCS1. The predicted octanol–water partition coefficient (Wildman–Crippen LogP) is 2.86. The van der Waals surface area contributed by atoms with Gasteiger partial charge in [0.05, 0.1) is 18.0 Å². The highest BCUT2D eigenvalue weighted by Crippen LogP contribution is 2.30. The molecule has 1 unspecified atom stereocenters. The lowest BCUT2D eigenvalue weighted by atomic mass is 10.1. The number of nitrogens with zero attached hydrogens (tertiary/aromatic N) is 2. The van der Waals surface area contributed by atoms with E-state index >= 15 is 0 Å². The molecule has 1 aliphatic heterocycles. The third kappa shape index (κ3) is 4.72. The molecule has 1 aromatic heterocycles. The highest BCUT2D eigenvalue weighted by atomic mass is 32.2. The Morgan fingerprint density at radius 1 is 1.45 bits per heavy atom. The van der Waals surface area contributed by atoms with Crippen LogP contribution in [0, 0.1) is 5.82 Å². The van der Waals surface area contributed by atoms with Crippen LogP contribution in [-0.2, 0) is 0 Å². The molecule has 1 saturated heterocycles. The maximum Gasteiger partial charge on any atom is 0.141 e. The van der Waals surface area contributed by atoms with Crippen LogP contribution in [0.2, 0.25) is 0 Å². The first-order valence-electron chi connectivity index (χ1n) is 7.12. The molecule has 0 spiro atoms. The zero-order valence-electron chi connectivity index (χ0n) is 12.2. The number of hydrogen-bond acceptors (Lipinski definition) is 4. The lowest BCUT2D eigenvalue weighted by Gasteiger charge is -2.23. The van der Waals surface area contributed by atoms with Gasteiger partial charge in [-0.15, -0.1) is 0 Å². The Hall–Kier alpha value is -0.650. The molecule has 0 amide bonds. The fourth-order valence-corrected chi connectivity index (χ4v) is 3.46. The summed E-state index contributed by atoms with van der Waals surface area (Å²) >= 11 is 2.02. The van der Waals surface area contributed by atoms with Gasteiger partial charge in [0.2, 0.25) is 0 Å². The number of thioether (sulfide) groups is 1. The molecule has 3 nitrogen and oxygen atoms in total. The van der Waals surface area contributed by atoms with E-state index in [1.54, 1.807) is 6.07 Å². The van der Waals surface area contributed by atoms with E-state index in [0.717, 1.165) is 31.6 Å². The molecule has 0 aliphatic carbocycles. The Morgan fingerprint density at radius 3 is 2.95 bits per heavy atom. The Balaban J connectivity index is 1.81. The fourth-order valence-electron chi connectivity index (χ4n) is 2.32. The number of aromatic nitrogens is 1. The number of aliphatic hydroxyl groups excluding tert-OH is 1. The summed E-state index contributed by atoms with van der Waals surface area (Å²) in [5.74, 6) is 0.769. The van der Waals surface area contributed by atoms with Crippen LogP contribution in [-0.4, -0.2) is 45.1 Å². The van der Waals surface area contributed by atoms with Crippen LogP contribution in [0.3, 0.4) is 0 Å². The van der Waals surface area contributed by atoms with Gasteiger partial charge in [-0.25, -0.2) is 4.39 Å². The first kappa shape index (κ1) is 15.7. The zero-order valence-corrected chi connectivity index (χ0v) is 13.0. The van der Waals surface area contributed by atoms with Gasteiger partial charge in [0.1, 0.15) is 5.82 Å². The van der Waals surface area contributed by atoms with Crippen molar-refractivity contribution in [1.82, 2.24) is 9.88 Å². The summed E-state index contributed by atoms with van der Waals surface area (Å²) in [7, 11) is 0. The molecule has 1 atom stereocenters. The molecule has 2 heterocycles. The van der Waals surface area contributed by atoms with Crippen molar-refractivity contribution in [1.29, 1.82) is 0 Å². The largest absolute Gasteiger partial charge is 0.387 e. The summed E-state index contributed by atoms with van der Waals surface area (Å²) in [4.78, 5) is 6.33. The van der Waals surface area contributed by atoms with Gasteiger partial charge in [-0.05, 0) is 31.5 Å². The Kier molecular flexibility index (Phi) is 5.41. The van der Waals surface area contributed by atoms with Crippen LogP contribution in [0.15, 0.2) is 18.3 Å². The molecule has 1 aromatic rings. The smallest absolute Gasteiger partial charge is 0.141 e. The van der Waals surface area contributed by atoms with Crippen molar-refractivity contribution in [3.63, 3.8) is 0 Å². The maximum absolute atomic E-state index is 12.8. The minimum atomic E-state index is -0.612. The minimum absolute atomic E-state index is 0.353. The normalized spacial score (nSPS) is 21.4. The average molecular weight is 298 g/mol. The van der Waals surface area contributed by atoms with E-state index in [1.165, 1.54) is 12.5 Å². The van der Waals surface area contributed by atoms with Gasteiger partial charge in [0, 0.05) is 23.6 Å². The first-order valence-corrected chi connectivity index (χ1v) is 8.11. The summed E-state index contributed by atoms with van der Waals surface area (Å²) in [6.07, 6.45) is 2.36. The monoisotopic (exact) mass is 298 g/mol. The van der Waals surface area contributed by atoms with Crippen LogP contribution in [0.4, 0.5) is 4.39 Å². The van der Waals surface area contributed by atoms with E-state index in [1.807, 2.05) is 11.8 Å². The molecular weight excluding hydrogens is 275 g/mol. The van der Waals surface area contributed by atoms with Crippen LogP contribution in [0.25, 0.3) is 0 Å².